The van der Waals surface area contributed by atoms with Crippen LogP contribution in [0.2, 0.25) is 0 Å². The van der Waals surface area contributed by atoms with Crippen LogP contribution in [-0.4, -0.2) is 10.9 Å². The van der Waals surface area contributed by atoms with E-state index in [1.54, 1.807) is 30.5 Å². The Bertz CT molecular complexity index is 1370. The highest BCUT2D eigenvalue weighted by Gasteiger charge is 2.36. The lowest BCUT2D eigenvalue weighted by Gasteiger charge is -2.28. The lowest BCUT2D eigenvalue weighted by molar-refractivity contribution is -0.137. The molecule has 6 N–H and O–H groups in total. The normalized spacial score (nSPS) is 14.8. The highest BCUT2D eigenvalue weighted by Crippen LogP contribution is 2.45. The maximum absolute atomic E-state index is 13.8. The minimum atomic E-state index is -4.59. The third kappa shape index (κ3) is 3.72. The van der Waals surface area contributed by atoms with Crippen LogP contribution in [0.3, 0.4) is 0 Å². The van der Waals surface area contributed by atoms with E-state index >= 15 is 0 Å². The molecule has 1 aromatic heterocycles. The van der Waals surface area contributed by atoms with Crippen LogP contribution in [0.1, 0.15) is 28.3 Å². The average Bonchev–Trinajstić information content (AvgIpc) is 2.78. The Morgan fingerprint density at radius 2 is 1.67 bits per heavy atom. The van der Waals surface area contributed by atoms with E-state index in [1.165, 1.54) is 18.2 Å². The van der Waals surface area contributed by atoms with Crippen LogP contribution in [0.4, 0.5) is 30.5 Å². The van der Waals surface area contributed by atoms with Crippen molar-refractivity contribution < 1.29 is 13.2 Å². The van der Waals surface area contributed by atoms with E-state index in [0.717, 1.165) is 6.07 Å². The Hall–Kier alpha value is -4.77. The fraction of sp³-hybridized carbons (Fsp3) is 0.0909. The number of nitriles is 2. The maximum Gasteiger partial charge on any atom is 0.417 e. The minimum absolute atomic E-state index is 0.00355. The Morgan fingerprint density at radius 1 is 1.00 bits per heavy atom. The van der Waals surface area contributed by atoms with Crippen LogP contribution in [0.15, 0.2) is 53.5 Å². The number of benzene rings is 2. The topological polar surface area (TPSA) is 149 Å². The zero-order valence-electron chi connectivity index (χ0n) is 16.8. The smallest absolute Gasteiger partial charge is 0.397 e. The lowest BCUT2D eigenvalue weighted by Crippen LogP contribution is -2.33. The van der Waals surface area contributed by atoms with Gasteiger partial charge in [0.05, 0.1) is 11.3 Å². The van der Waals surface area contributed by atoms with Gasteiger partial charge in [-0.1, -0.05) is 42.5 Å². The van der Waals surface area contributed by atoms with Gasteiger partial charge < -0.3 is 16.8 Å². The van der Waals surface area contributed by atoms with Gasteiger partial charge in [-0.25, -0.2) is 9.98 Å². The molecule has 0 spiro atoms. The highest BCUT2D eigenvalue weighted by atomic mass is 19.4. The van der Waals surface area contributed by atoms with Crippen molar-refractivity contribution in [1.29, 1.82) is 10.5 Å². The summed E-state index contributed by atoms with van der Waals surface area (Å²) >= 11 is 0. The summed E-state index contributed by atoms with van der Waals surface area (Å²) in [5.41, 5.74) is 12.0. The SMILES string of the molecule is N#CNC1=NC(c2ccccc2-c2ccccc2C(F)(F)F)c2c(nc(N)c(C#N)c2N)N1. The number of hydrogen-bond donors (Lipinski definition) is 4. The predicted octanol–water partition coefficient (Wildman–Crippen LogP) is 3.75. The van der Waals surface area contributed by atoms with Gasteiger partial charge in [-0.2, -0.15) is 23.7 Å². The zero-order chi connectivity index (χ0) is 23.8. The summed E-state index contributed by atoms with van der Waals surface area (Å²) in [7, 11) is 0. The van der Waals surface area contributed by atoms with E-state index in [9.17, 15) is 18.4 Å². The number of halogens is 3. The fourth-order valence-electron chi connectivity index (χ4n) is 3.75. The lowest BCUT2D eigenvalue weighted by atomic mass is 9.87. The molecule has 1 aliphatic rings. The van der Waals surface area contributed by atoms with Crippen LogP contribution in [0.5, 0.6) is 0 Å². The molecule has 2 aromatic carbocycles. The van der Waals surface area contributed by atoms with Crippen LogP contribution < -0.4 is 22.1 Å². The summed E-state index contributed by atoms with van der Waals surface area (Å²) < 4.78 is 41.3. The molecule has 1 unspecified atom stereocenters. The van der Waals surface area contributed by atoms with Crippen LogP contribution in [0, 0.1) is 22.8 Å². The molecule has 0 fully saturated rings. The molecule has 1 aliphatic heterocycles. The largest absolute Gasteiger partial charge is 0.417 e. The molecule has 33 heavy (non-hydrogen) atoms. The molecule has 0 bridgehead atoms. The first-order valence-electron chi connectivity index (χ1n) is 9.50. The molecular weight excluding hydrogens is 433 g/mol. The van der Waals surface area contributed by atoms with E-state index in [4.69, 9.17) is 16.7 Å². The zero-order valence-corrected chi connectivity index (χ0v) is 16.8. The van der Waals surface area contributed by atoms with Crippen LogP contribution in [0.25, 0.3) is 11.1 Å². The summed E-state index contributed by atoms with van der Waals surface area (Å²) in [6.07, 6.45) is -2.86. The van der Waals surface area contributed by atoms with Gasteiger partial charge in [-0.05, 0) is 22.8 Å². The molecule has 0 amide bonds. The van der Waals surface area contributed by atoms with E-state index in [0.29, 0.717) is 5.56 Å². The molecule has 1 atom stereocenters. The van der Waals surface area contributed by atoms with Gasteiger partial charge >= 0.3 is 6.18 Å². The second kappa shape index (κ2) is 8.05. The fourth-order valence-corrected chi connectivity index (χ4v) is 3.75. The summed E-state index contributed by atoms with van der Waals surface area (Å²) in [6.45, 7) is 0. The number of nitrogens with two attached hydrogens (primary N) is 2. The average molecular weight is 448 g/mol. The van der Waals surface area contributed by atoms with Gasteiger partial charge in [-0.15, -0.1) is 0 Å². The standard InChI is InChI=1S/C22H15F3N8/c23-22(24,25)15-8-4-3-6-12(15)11-5-1-2-7-13(11)18-16-17(28)14(9-26)19(29)32-20(16)33-21(31-18)30-10-27/h1-8,18H,(H6,28,29,30,31,32,33). The first-order valence-corrected chi connectivity index (χ1v) is 9.50. The van der Waals surface area contributed by atoms with Crippen molar-refractivity contribution in [3.63, 3.8) is 0 Å². The van der Waals surface area contributed by atoms with Gasteiger partial charge in [0.25, 0.3) is 0 Å². The van der Waals surface area contributed by atoms with E-state index in [-0.39, 0.29) is 45.5 Å². The van der Waals surface area contributed by atoms with Crippen molar-refractivity contribution in [2.75, 3.05) is 16.8 Å². The number of fused-ring (bicyclic) bond motifs is 1. The predicted molar refractivity (Wildman–Crippen MR) is 116 cm³/mol. The number of nitrogen functional groups attached to an aromatic ring is 2. The number of nitrogens with zero attached hydrogens (tertiary/aromatic N) is 4. The summed E-state index contributed by atoms with van der Waals surface area (Å²) in [6, 6.07) is 12.5. The van der Waals surface area contributed by atoms with Crippen LogP contribution >= 0.6 is 0 Å². The van der Waals surface area contributed by atoms with Gasteiger partial charge in [0, 0.05) is 5.56 Å². The third-order valence-electron chi connectivity index (χ3n) is 5.14. The van der Waals surface area contributed by atoms with Gasteiger partial charge in [0.1, 0.15) is 29.3 Å². The third-order valence-corrected chi connectivity index (χ3v) is 5.14. The second-order valence-corrected chi connectivity index (χ2v) is 7.03. The summed E-state index contributed by atoms with van der Waals surface area (Å²) in [4.78, 5) is 8.61. The number of anilines is 3. The quantitative estimate of drug-likeness (QED) is 0.345. The molecule has 0 aliphatic carbocycles. The number of nitrogens with one attached hydrogen (secondary N) is 2. The number of hydrogen-bond acceptors (Lipinski definition) is 8. The molecule has 164 valence electrons. The number of rotatable bonds is 2. The molecule has 0 saturated heterocycles. The van der Waals surface area contributed by atoms with E-state index in [1.807, 2.05) is 6.07 Å². The maximum atomic E-state index is 13.8. The minimum Gasteiger partial charge on any atom is -0.397 e. The molecule has 4 rings (SSSR count). The van der Waals surface area contributed by atoms with Gasteiger partial charge in [0.15, 0.2) is 6.19 Å². The monoisotopic (exact) mass is 448 g/mol. The Kier molecular flexibility index (Phi) is 5.24. The molecule has 0 saturated carbocycles. The molecule has 11 heteroatoms. The number of alkyl halides is 3. The van der Waals surface area contributed by atoms with Crippen molar-refractivity contribution in [2.24, 2.45) is 4.99 Å². The highest BCUT2D eigenvalue weighted by molar-refractivity contribution is 5.98. The Balaban J connectivity index is 2.01. The van der Waals surface area contributed by atoms with Gasteiger partial charge in [0.2, 0.25) is 5.96 Å². The number of aliphatic imine (C=N–C) groups is 1. The molecule has 8 nitrogen and oxygen atoms in total. The molecule has 2 heterocycles. The van der Waals surface area contributed by atoms with Crippen molar-refractivity contribution in [3.8, 4) is 23.4 Å². The number of pyridine rings is 1. The second-order valence-electron chi connectivity index (χ2n) is 7.03. The number of aromatic nitrogens is 1. The first-order chi connectivity index (χ1) is 15.8. The molecule has 0 radical (unpaired) electrons. The first kappa shape index (κ1) is 21.5. The number of guanidine groups is 1. The summed E-state index contributed by atoms with van der Waals surface area (Å²) in [5.74, 6) is 0.0134. The summed E-state index contributed by atoms with van der Waals surface area (Å²) in [5, 5.41) is 23.7. The van der Waals surface area contributed by atoms with Crippen LogP contribution in [-0.2, 0) is 6.18 Å². The van der Waals surface area contributed by atoms with Crippen molar-refractivity contribution in [3.05, 3.63) is 70.8 Å². The van der Waals surface area contributed by atoms with Gasteiger partial charge in [-0.3, -0.25) is 5.32 Å². The molecular formula is C22H15F3N8. The van der Waals surface area contributed by atoms with E-state index in [2.05, 4.69) is 20.6 Å². The van der Waals surface area contributed by atoms with E-state index < -0.39 is 17.8 Å². The Morgan fingerprint density at radius 3 is 2.33 bits per heavy atom. The van der Waals surface area contributed by atoms with Crippen molar-refractivity contribution >= 4 is 23.3 Å². The van der Waals surface area contributed by atoms with Crippen molar-refractivity contribution in [2.45, 2.75) is 12.2 Å². The Labute approximate surface area is 186 Å². The van der Waals surface area contributed by atoms with Crippen molar-refractivity contribution in [1.82, 2.24) is 10.3 Å². The molecule has 3 aromatic rings.